The number of hydrogen-bond acceptors (Lipinski definition) is 3. The molecule has 0 unspecified atom stereocenters. The molecule has 0 amide bonds. The molecule has 0 saturated heterocycles. The minimum absolute atomic E-state index is 0.662. The fourth-order valence-corrected chi connectivity index (χ4v) is 2.10. The topological polar surface area (TPSA) is 51.2 Å². The van der Waals surface area contributed by atoms with Crippen molar-refractivity contribution in [2.75, 3.05) is 11.1 Å². The van der Waals surface area contributed by atoms with Crippen molar-refractivity contribution in [2.24, 2.45) is 0 Å². The van der Waals surface area contributed by atoms with Gasteiger partial charge in [0.15, 0.2) is 0 Å². The number of halogens is 1. The first-order chi connectivity index (χ1) is 8.06. The lowest BCUT2D eigenvalue weighted by Crippen LogP contribution is -2.00. The largest absolute Gasteiger partial charge is 0.465 e. The molecule has 0 radical (unpaired) electrons. The number of nitrogens with two attached hydrogens (primary N) is 1. The zero-order chi connectivity index (χ0) is 12.4. The van der Waals surface area contributed by atoms with E-state index in [1.807, 2.05) is 38.1 Å². The van der Waals surface area contributed by atoms with Crippen LogP contribution in [0, 0.1) is 13.8 Å². The molecule has 1 heterocycles. The molecular weight excluding hydrogens is 280 g/mol. The number of rotatable bonds is 3. The van der Waals surface area contributed by atoms with Crippen molar-refractivity contribution in [1.82, 2.24) is 0 Å². The van der Waals surface area contributed by atoms with Gasteiger partial charge in [-0.1, -0.05) is 0 Å². The van der Waals surface area contributed by atoms with Gasteiger partial charge in [0.1, 0.15) is 11.5 Å². The highest BCUT2D eigenvalue weighted by Gasteiger charge is 2.04. The molecule has 90 valence electrons. The summed E-state index contributed by atoms with van der Waals surface area (Å²) in [6, 6.07) is 7.86. The van der Waals surface area contributed by atoms with E-state index >= 15 is 0 Å². The summed E-state index contributed by atoms with van der Waals surface area (Å²) >= 11 is 3.49. The van der Waals surface area contributed by atoms with Crippen LogP contribution in [-0.4, -0.2) is 0 Å². The molecule has 0 atom stereocenters. The Balaban J connectivity index is 2.11. The average Bonchev–Trinajstić information content (AvgIpc) is 2.68. The number of benzene rings is 1. The molecule has 1 aromatic heterocycles. The molecule has 0 aliphatic rings. The molecule has 1 aromatic carbocycles. The van der Waals surface area contributed by atoms with Crippen LogP contribution in [0.1, 0.15) is 17.1 Å². The highest BCUT2D eigenvalue weighted by molar-refractivity contribution is 9.10. The lowest BCUT2D eigenvalue weighted by atomic mass is 10.2. The molecule has 4 heteroatoms. The summed E-state index contributed by atoms with van der Waals surface area (Å²) in [5, 5.41) is 3.31. The molecule has 0 spiro atoms. The third kappa shape index (κ3) is 2.82. The van der Waals surface area contributed by atoms with Gasteiger partial charge in [-0.25, -0.2) is 0 Å². The second-order valence-electron chi connectivity index (χ2n) is 4.05. The van der Waals surface area contributed by atoms with Crippen LogP contribution in [-0.2, 0) is 6.54 Å². The maximum atomic E-state index is 5.82. The molecule has 3 nitrogen and oxygen atoms in total. The standard InChI is InChI=1S/C13H15BrN2O/c1-8-5-13(11(14)6-12(8)15)16-7-10-4-3-9(2)17-10/h3-6,16H,7,15H2,1-2H3. The number of hydrogen-bond donors (Lipinski definition) is 2. The highest BCUT2D eigenvalue weighted by atomic mass is 79.9. The van der Waals surface area contributed by atoms with E-state index in [0.717, 1.165) is 32.9 Å². The number of nitrogen functional groups attached to an aromatic ring is 1. The maximum absolute atomic E-state index is 5.82. The van der Waals surface area contributed by atoms with Crippen LogP contribution in [0.3, 0.4) is 0 Å². The predicted octanol–water partition coefficient (Wildman–Crippen LogP) is 3.85. The minimum Gasteiger partial charge on any atom is -0.465 e. The van der Waals surface area contributed by atoms with Gasteiger partial charge in [0.25, 0.3) is 0 Å². The van der Waals surface area contributed by atoms with E-state index in [4.69, 9.17) is 10.2 Å². The Morgan fingerprint density at radius 2 is 2.06 bits per heavy atom. The summed E-state index contributed by atoms with van der Waals surface area (Å²) in [5.41, 5.74) is 8.69. The second kappa shape index (κ2) is 4.84. The van der Waals surface area contributed by atoms with Crippen molar-refractivity contribution in [2.45, 2.75) is 20.4 Å². The number of nitrogens with one attached hydrogen (secondary N) is 1. The Bertz CT molecular complexity index is 534. The number of aryl methyl sites for hydroxylation is 2. The van der Waals surface area contributed by atoms with Crippen molar-refractivity contribution >= 4 is 27.3 Å². The summed E-state index contributed by atoms with van der Waals surface area (Å²) in [4.78, 5) is 0. The predicted molar refractivity (Wildman–Crippen MR) is 74.1 cm³/mol. The van der Waals surface area contributed by atoms with Gasteiger partial charge in [-0.3, -0.25) is 0 Å². The van der Waals surface area contributed by atoms with Gasteiger partial charge in [0.2, 0.25) is 0 Å². The monoisotopic (exact) mass is 294 g/mol. The van der Waals surface area contributed by atoms with E-state index in [9.17, 15) is 0 Å². The van der Waals surface area contributed by atoms with Crippen LogP contribution < -0.4 is 11.1 Å². The van der Waals surface area contributed by atoms with Gasteiger partial charge >= 0.3 is 0 Å². The smallest absolute Gasteiger partial charge is 0.123 e. The molecular formula is C13H15BrN2O. The van der Waals surface area contributed by atoms with E-state index < -0.39 is 0 Å². The summed E-state index contributed by atoms with van der Waals surface area (Å²) < 4.78 is 6.46. The molecule has 0 bridgehead atoms. The summed E-state index contributed by atoms with van der Waals surface area (Å²) in [6.45, 7) is 4.59. The first-order valence-electron chi connectivity index (χ1n) is 5.41. The number of furan rings is 1. The van der Waals surface area contributed by atoms with Crippen molar-refractivity contribution in [1.29, 1.82) is 0 Å². The van der Waals surface area contributed by atoms with Crippen LogP contribution in [0.2, 0.25) is 0 Å². The SMILES string of the molecule is Cc1ccc(CNc2cc(C)c(N)cc2Br)o1. The Labute approximate surface area is 109 Å². The molecule has 2 aromatic rings. The third-order valence-corrected chi connectivity index (χ3v) is 3.26. The van der Waals surface area contributed by atoms with Crippen molar-refractivity contribution in [3.63, 3.8) is 0 Å². The van der Waals surface area contributed by atoms with E-state index in [0.29, 0.717) is 6.54 Å². The average molecular weight is 295 g/mol. The minimum atomic E-state index is 0.662. The highest BCUT2D eigenvalue weighted by Crippen LogP contribution is 2.28. The lowest BCUT2D eigenvalue weighted by molar-refractivity contribution is 0.490. The summed E-state index contributed by atoms with van der Waals surface area (Å²) in [6.07, 6.45) is 0. The van der Waals surface area contributed by atoms with Crippen LogP contribution in [0.4, 0.5) is 11.4 Å². The van der Waals surface area contributed by atoms with Gasteiger partial charge in [0.05, 0.1) is 6.54 Å². The molecule has 3 N–H and O–H groups in total. The second-order valence-corrected chi connectivity index (χ2v) is 4.91. The van der Waals surface area contributed by atoms with E-state index in [2.05, 4.69) is 21.2 Å². The first-order valence-corrected chi connectivity index (χ1v) is 6.20. The molecule has 0 saturated carbocycles. The zero-order valence-corrected chi connectivity index (χ0v) is 11.5. The van der Waals surface area contributed by atoms with Crippen molar-refractivity contribution in [3.05, 3.63) is 45.8 Å². The Kier molecular flexibility index (Phi) is 3.43. The summed E-state index contributed by atoms with van der Waals surface area (Å²) in [5.74, 6) is 1.85. The molecule has 0 aliphatic carbocycles. The van der Waals surface area contributed by atoms with E-state index in [-0.39, 0.29) is 0 Å². The van der Waals surface area contributed by atoms with Crippen LogP contribution >= 0.6 is 15.9 Å². The molecule has 17 heavy (non-hydrogen) atoms. The van der Waals surface area contributed by atoms with Crippen LogP contribution in [0.25, 0.3) is 0 Å². The third-order valence-electron chi connectivity index (χ3n) is 2.60. The zero-order valence-electron chi connectivity index (χ0n) is 9.88. The van der Waals surface area contributed by atoms with Gasteiger partial charge in [-0.15, -0.1) is 0 Å². The fourth-order valence-electron chi connectivity index (χ4n) is 1.59. The quantitative estimate of drug-likeness (QED) is 0.846. The van der Waals surface area contributed by atoms with Gasteiger partial charge in [-0.05, 0) is 59.6 Å². The van der Waals surface area contributed by atoms with Crippen molar-refractivity contribution < 1.29 is 4.42 Å². The van der Waals surface area contributed by atoms with E-state index in [1.165, 1.54) is 0 Å². The summed E-state index contributed by atoms with van der Waals surface area (Å²) in [7, 11) is 0. The van der Waals surface area contributed by atoms with E-state index in [1.54, 1.807) is 0 Å². The maximum Gasteiger partial charge on any atom is 0.123 e. The Morgan fingerprint density at radius 1 is 1.29 bits per heavy atom. The van der Waals surface area contributed by atoms with Crippen LogP contribution in [0.5, 0.6) is 0 Å². The van der Waals surface area contributed by atoms with Gasteiger partial charge < -0.3 is 15.5 Å². The van der Waals surface area contributed by atoms with Crippen LogP contribution in [0.15, 0.2) is 33.2 Å². The Hall–Kier alpha value is -1.42. The normalized spacial score (nSPS) is 10.5. The number of anilines is 2. The fraction of sp³-hybridized carbons (Fsp3) is 0.231. The Morgan fingerprint density at radius 3 is 2.71 bits per heavy atom. The first kappa shape index (κ1) is 12.0. The lowest BCUT2D eigenvalue weighted by Gasteiger charge is -2.10. The van der Waals surface area contributed by atoms with Crippen molar-refractivity contribution in [3.8, 4) is 0 Å². The molecule has 2 rings (SSSR count). The molecule has 0 fully saturated rings. The molecule has 0 aliphatic heterocycles. The van der Waals surface area contributed by atoms with Gasteiger partial charge in [0, 0.05) is 15.8 Å². The van der Waals surface area contributed by atoms with Gasteiger partial charge in [-0.2, -0.15) is 0 Å².